The van der Waals surface area contributed by atoms with Gasteiger partial charge in [0.25, 0.3) is 5.91 Å². The van der Waals surface area contributed by atoms with Gasteiger partial charge in [-0.15, -0.1) is 0 Å². The molecule has 2 aromatic carbocycles. The number of amides is 1. The molecular formula is C25H19ClN2O5. The highest BCUT2D eigenvalue weighted by Crippen LogP contribution is 2.42. The van der Waals surface area contributed by atoms with Crippen LogP contribution < -0.4 is 15.1 Å². The lowest BCUT2D eigenvalue weighted by Gasteiger charge is -2.22. The SMILES string of the molecule is C=CCOc1cccc([C@H]2c3c(oc4cc(C)c(Cl)cc4c3=O)C(=O)N2c2cc(C)on2)c1. The Morgan fingerprint density at radius 1 is 1.21 bits per heavy atom. The number of hydrogen-bond acceptors (Lipinski definition) is 6. The van der Waals surface area contributed by atoms with Crippen molar-refractivity contribution in [2.45, 2.75) is 19.9 Å². The van der Waals surface area contributed by atoms with E-state index < -0.39 is 11.9 Å². The van der Waals surface area contributed by atoms with Gasteiger partial charge < -0.3 is 13.7 Å². The van der Waals surface area contributed by atoms with Crippen molar-refractivity contribution < 1.29 is 18.5 Å². The molecular weight excluding hydrogens is 444 g/mol. The first kappa shape index (κ1) is 21.0. The van der Waals surface area contributed by atoms with Crippen LogP contribution in [-0.2, 0) is 0 Å². The molecule has 5 rings (SSSR count). The van der Waals surface area contributed by atoms with Crippen LogP contribution in [-0.4, -0.2) is 17.7 Å². The van der Waals surface area contributed by atoms with Crippen LogP contribution in [0.3, 0.4) is 0 Å². The Bertz CT molecular complexity index is 1490. The number of rotatable bonds is 5. The molecule has 7 nitrogen and oxygen atoms in total. The van der Waals surface area contributed by atoms with Gasteiger partial charge in [-0.3, -0.25) is 14.5 Å². The number of aromatic nitrogens is 1. The molecule has 0 spiro atoms. The van der Waals surface area contributed by atoms with Gasteiger partial charge in [0.05, 0.1) is 17.0 Å². The van der Waals surface area contributed by atoms with Crippen LogP contribution in [0.5, 0.6) is 5.75 Å². The fourth-order valence-electron chi connectivity index (χ4n) is 4.04. The number of hydrogen-bond donors (Lipinski definition) is 0. The smallest absolute Gasteiger partial charge is 0.296 e. The molecule has 0 N–H and O–H groups in total. The molecule has 0 aliphatic carbocycles. The molecule has 0 saturated carbocycles. The number of anilines is 1. The normalized spacial score (nSPS) is 15.2. The van der Waals surface area contributed by atoms with Gasteiger partial charge in [0, 0.05) is 11.1 Å². The molecule has 166 valence electrons. The Morgan fingerprint density at radius 3 is 2.76 bits per heavy atom. The van der Waals surface area contributed by atoms with Gasteiger partial charge in [-0.1, -0.05) is 41.5 Å². The second-order valence-corrected chi connectivity index (χ2v) is 8.22. The predicted molar refractivity (Wildman–Crippen MR) is 124 cm³/mol. The van der Waals surface area contributed by atoms with Crippen molar-refractivity contribution in [2.24, 2.45) is 0 Å². The Morgan fingerprint density at radius 2 is 2.03 bits per heavy atom. The van der Waals surface area contributed by atoms with E-state index >= 15 is 0 Å². The van der Waals surface area contributed by atoms with Crippen LogP contribution in [0.2, 0.25) is 5.02 Å². The van der Waals surface area contributed by atoms with Crippen LogP contribution in [0.1, 0.15) is 39.0 Å². The average molecular weight is 463 g/mol. The number of carbonyl (C=O) groups excluding carboxylic acids is 1. The molecule has 1 atom stereocenters. The third kappa shape index (κ3) is 3.41. The van der Waals surface area contributed by atoms with Crippen molar-refractivity contribution in [3.8, 4) is 5.75 Å². The zero-order valence-corrected chi connectivity index (χ0v) is 18.7. The monoisotopic (exact) mass is 462 g/mol. The molecule has 0 unspecified atom stereocenters. The minimum absolute atomic E-state index is 0.0303. The number of halogens is 1. The van der Waals surface area contributed by atoms with E-state index in [2.05, 4.69) is 11.7 Å². The first-order valence-electron chi connectivity index (χ1n) is 10.3. The summed E-state index contributed by atoms with van der Waals surface area (Å²) in [5, 5.41) is 4.78. The number of aryl methyl sites for hydroxylation is 2. The van der Waals surface area contributed by atoms with Crippen molar-refractivity contribution in [1.82, 2.24) is 5.16 Å². The average Bonchev–Trinajstić information content (AvgIpc) is 3.35. The second kappa shape index (κ2) is 7.94. The number of benzene rings is 2. The molecule has 8 heteroatoms. The van der Waals surface area contributed by atoms with Crippen molar-refractivity contribution >= 4 is 34.3 Å². The highest BCUT2D eigenvalue weighted by atomic mass is 35.5. The molecule has 0 fully saturated rings. The van der Waals surface area contributed by atoms with Crippen LogP contribution in [0.15, 0.2) is 68.9 Å². The van der Waals surface area contributed by atoms with Crippen LogP contribution in [0.4, 0.5) is 5.82 Å². The summed E-state index contributed by atoms with van der Waals surface area (Å²) in [5.74, 6) is 0.879. The van der Waals surface area contributed by atoms with Crippen LogP contribution in [0, 0.1) is 13.8 Å². The highest BCUT2D eigenvalue weighted by molar-refractivity contribution is 6.32. The quantitative estimate of drug-likeness (QED) is 0.371. The van der Waals surface area contributed by atoms with Crippen molar-refractivity contribution in [3.63, 3.8) is 0 Å². The zero-order valence-electron chi connectivity index (χ0n) is 17.9. The minimum atomic E-state index is -0.787. The van der Waals surface area contributed by atoms with E-state index in [0.717, 1.165) is 5.56 Å². The van der Waals surface area contributed by atoms with Gasteiger partial charge in [0.2, 0.25) is 5.76 Å². The lowest BCUT2D eigenvalue weighted by Crippen LogP contribution is -2.29. The van der Waals surface area contributed by atoms with Gasteiger partial charge >= 0.3 is 0 Å². The summed E-state index contributed by atoms with van der Waals surface area (Å²) in [6.07, 6.45) is 1.64. The molecule has 4 aromatic rings. The van der Waals surface area contributed by atoms with E-state index in [4.69, 9.17) is 25.3 Å². The Hall–Kier alpha value is -3.84. The van der Waals surface area contributed by atoms with E-state index in [-0.39, 0.29) is 22.6 Å². The van der Waals surface area contributed by atoms with E-state index in [9.17, 15) is 9.59 Å². The van der Waals surface area contributed by atoms with Gasteiger partial charge in [-0.25, -0.2) is 0 Å². The summed E-state index contributed by atoms with van der Waals surface area (Å²) in [5.41, 5.74) is 1.59. The molecule has 2 aromatic heterocycles. The number of fused-ring (bicyclic) bond motifs is 2. The minimum Gasteiger partial charge on any atom is -0.490 e. The highest BCUT2D eigenvalue weighted by Gasteiger charge is 2.45. The summed E-state index contributed by atoms with van der Waals surface area (Å²) in [7, 11) is 0. The maximum absolute atomic E-state index is 13.7. The van der Waals surface area contributed by atoms with Gasteiger partial charge in [-0.2, -0.15) is 0 Å². The fourth-order valence-corrected chi connectivity index (χ4v) is 4.21. The summed E-state index contributed by atoms with van der Waals surface area (Å²) in [6, 6.07) is 11.3. The fraction of sp³-hybridized carbons (Fsp3) is 0.160. The van der Waals surface area contributed by atoms with Crippen molar-refractivity contribution in [2.75, 3.05) is 11.5 Å². The molecule has 3 heterocycles. The molecule has 1 aliphatic rings. The number of carbonyl (C=O) groups is 1. The van der Waals surface area contributed by atoms with Gasteiger partial charge in [0.1, 0.15) is 23.7 Å². The maximum Gasteiger partial charge on any atom is 0.296 e. The topological polar surface area (TPSA) is 85.8 Å². The standard InChI is InChI=1S/C25H19ClN2O5/c1-4-8-31-16-7-5-6-15(11-16)22-21-23(29)17-12-18(26)13(2)9-19(17)32-24(21)25(30)28(22)20-10-14(3)33-27-20/h4-7,9-12,22H,1,8H2,2-3H3/t22-/m0/s1. The van der Waals surface area contributed by atoms with Crippen molar-refractivity contribution in [3.05, 3.63) is 98.6 Å². The first-order valence-corrected chi connectivity index (χ1v) is 10.6. The predicted octanol–water partition coefficient (Wildman–Crippen LogP) is 5.37. The second-order valence-electron chi connectivity index (χ2n) is 7.82. The Balaban J connectivity index is 1.77. The van der Waals surface area contributed by atoms with Crippen LogP contribution >= 0.6 is 11.6 Å². The van der Waals surface area contributed by atoms with Crippen molar-refractivity contribution in [1.29, 1.82) is 0 Å². The van der Waals surface area contributed by atoms with Gasteiger partial charge in [-0.05, 0) is 49.2 Å². The zero-order chi connectivity index (χ0) is 23.3. The maximum atomic E-state index is 13.7. The Kier molecular flexibility index (Phi) is 5.06. The Labute approximate surface area is 193 Å². The van der Waals surface area contributed by atoms with Gasteiger partial charge in [0.15, 0.2) is 11.2 Å². The molecule has 1 amide bonds. The first-order chi connectivity index (χ1) is 15.9. The molecule has 0 radical (unpaired) electrons. The molecule has 33 heavy (non-hydrogen) atoms. The summed E-state index contributed by atoms with van der Waals surface area (Å²) < 4.78 is 16.9. The molecule has 1 aliphatic heterocycles. The number of nitrogens with zero attached hydrogens (tertiary/aromatic N) is 2. The van der Waals surface area contributed by atoms with E-state index in [1.54, 1.807) is 56.3 Å². The van der Waals surface area contributed by atoms with E-state index in [1.165, 1.54) is 4.90 Å². The van der Waals surface area contributed by atoms with E-state index in [1.807, 2.05) is 6.07 Å². The summed E-state index contributed by atoms with van der Waals surface area (Å²) in [6.45, 7) is 7.51. The summed E-state index contributed by atoms with van der Waals surface area (Å²) in [4.78, 5) is 28.6. The lowest BCUT2D eigenvalue weighted by molar-refractivity contribution is 0.0969. The number of ether oxygens (including phenoxy) is 1. The third-order valence-corrected chi connectivity index (χ3v) is 5.96. The van der Waals surface area contributed by atoms with E-state index in [0.29, 0.717) is 39.7 Å². The molecule has 0 bridgehead atoms. The lowest BCUT2D eigenvalue weighted by atomic mass is 9.98. The largest absolute Gasteiger partial charge is 0.490 e. The third-order valence-electron chi connectivity index (χ3n) is 5.56. The van der Waals surface area contributed by atoms with Crippen LogP contribution in [0.25, 0.3) is 11.0 Å². The molecule has 0 saturated heterocycles. The summed E-state index contributed by atoms with van der Waals surface area (Å²) >= 11 is 6.28.